The molecule has 4 rings (SSSR count). The summed E-state index contributed by atoms with van der Waals surface area (Å²) >= 11 is 0. The summed E-state index contributed by atoms with van der Waals surface area (Å²) in [4.78, 5) is 101. The minimum atomic E-state index is -2.53. The standard InChI is InChI=1S/C39H35N3O15/c1-21(43)54-28-16-12-25(19-30(28)52-3)38(50)56-33(34(37(48)49)57-39(51)26-13-17-29(55-22(2)44)31(20-26)53-4)36(47)42-41-35(46)24-10-14-27(15-11-24)40-32(45)18-23-8-6-5-7-9-23/h5-17,19-20,33-34H,18H2,1-4H3,(H,40,45)(H,41,46)(H,42,47)(H,48,49)/t33-,34-/m1/s1. The summed E-state index contributed by atoms with van der Waals surface area (Å²) in [5, 5.41) is 12.8. The fourth-order valence-electron chi connectivity index (χ4n) is 4.88. The molecule has 296 valence electrons. The molecule has 18 heteroatoms. The van der Waals surface area contributed by atoms with Crippen LogP contribution in [0.4, 0.5) is 5.69 Å². The predicted molar refractivity (Wildman–Crippen MR) is 195 cm³/mol. The third kappa shape index (κ3) is 11.9. The van der Waals surface area contributed by atoms with E-state index in [1.54, 1.807) is 24.3 Å². The first kappa shape index (κ1) is 42.0. The van der Waals surface area contributed by atoms with Crippen LogP contribution in [0.5, 0.6) is 23.0 Å². The minimum absolute atomic E-state index is 0.0165. The Kier molecular flexibility index (Phi) is 14.4. The van der Waals surface area contributed by atoms with Crippen LogP contribution in [0.2, 0.25) is 0 Å². The third-order valence-corrected chi connectivity index (χ3v) is 7.49. The molecule has 0 radical (unpaired) electrons. The number of rotatable bonds is 15. The van der Waals surface area contributed by atoms with Crippen LogP contribution in [0.1, 0.15) is 50.5 Å². The molecule has 2 atom stereocenters. The highest BCUT2D eigenvalue weighted by atomic mass is 16.6. The number of aliphatic carboxylic acids is 1. The number of carboxylic acid groups (broad SMARTS) is 1. The molecule has 0 aliphatic rings. The van der Waals surface area contributed by atoms with Gasteiger partial charge in [-0.2, -0.15) is 0 Å². The number of hydrogen-bond acceptors (Lipinski definition) is 14. The van der Waals surface area contributed by atoms with Crippen molar-refractivity contribution in [3.63, 3.8) is 0 Å². The average Bonchev–Trinajstić information content (AvgIpc) is 3.18. The quantitative estimate of drug-likeness (QED) is 0.0768. The fourth-order valence-corrected chi connectivity index (χ4v) is 4.88. The van der Waals surface area contributed by atoms with E-state index in [0.29, 0.717) is 5.69 Å². The van der Waals surface area contributed by atoms with Crippen LogP contribution < -0.4 is 35.1 Å². The van der Waals surface area contributed by atoms with Gasteiger partial charge in [-0.05, 0) is 66.2 Å². The average molecular weight is 786 g/mol. The van der Waals surface area contributed by atoms with E-state index in [0.717, 1.165) is 43.7 Å². The lowest BCUT2D eigenvalue weighted by molar-refractivity contribution is -0.159. The van der Waals surface area contributed by atoms with Gasteiger partial charge in [-0.15, -0.1) is 0 Å². The summed E-state index contributed by atoms with van der Waals surface area (Å²) < 4.78 is 30.7. The van der Waals surface area contributed by atoms with Gasteiger partial charge >= 0.3 is 29.8 Å². The van der Waals surface area contributed by atoms with E-state index in [-0.39, 0.29) is 52.0 Å². The Morgan fingerprint density at radius 3 is 1.56 bits per heavy atom. The molecule has 0 bridgehead atoms. The summed E-state index contributed by atoms with van der Waals surface area (Å²) in [7, 11) is 2.42. The Hall–Kier alpha value is -7.76. The number of carbonyl (C=O) groups is 8. The van der Waals surface area contributed by atoms with Gasteiger partial charge in [-0.3, -0.25) is 34.8 Å². The van der Waals surface area contributed by atoms with Gasteiger partial charge in [0.2, 0.25) is 18.1 Å². The summed E-state index contributed by atoms with van der Waals surface area (Å²) in [6, 6.07) is 21.2. The van der Waals surface area contributed by atoms with Crippen molar-refractivity contribution in [2.75, 3.05) is 19.5 Å². The molecular formula is C39H35N3O15. The van der Waals surface area contributed by atoms with Crippen LogP contribution in [-0.4, -0.2) is 79.1 Å². The maximum Gasteiger partial charge on any atom is 0.349 e. The third-order valence-electron chi connectivity index (χ3n) is 7.49. The molecule has 0 aromatic heterocycles. The molecule has 57 heavy (non-hydrogen) atoms. The molecule has 4 N–H and O–H groups in total. The molecule has 4 aromatic carbocycles. The van der Waals surface area contributed by atoms with Crippen molar-refractivity contribution in [3.05, 3.63) is 113 Å². The molecule has 0 unspecified atom stereocenters. The second-order valence-electron chi connectivity index (χ2n) is 11.6. The van der Waals surface area contributed by atoms with Gasteiger partial charge in [0.05, 0.1) is 31.8 Å². The number of hydrazine groups is 1. The minimum Gasteiger partial charge on any atom is -0.493 e. The zero-order valence-electron chi connectivity index (χ0n) is 30.7. The predicted octanol–water partition coefficient (Wildman–Crippen LogP) is 3.03. The highest BCUT2D eigenvalue weighted by Crippen LogP contribution is 2.30. The fraction of sp³-hybridized carbons (Fsp3) is 0.179. The van der Waals surface area contributed by atoms with Crippen LogP contribution in [0.3, 0.4) is 0 Å². The molecule has 0 aliphatic heterocycles. The van der Waals surface area contributed by atoms with E-state index in [1.807, 2.05) is 11.5 Å². The number of methoxy groups -OCH3 is 2. The van der Waals surface area contributed by atoms with E-state index >= 15 is 0 Å². The maximum atomic E-state index is 13.5. The molecule has 0 heterocycles. The topological polar surface area (TPSA) is 248 Å². The smallest absolute Gasteiger partial charge is 0.349 e. The first-order chi connectivity index (χ1) is 27.2. The number of esters is 4. The van der Waals surface area contributed by atoms with Gasteiger partial charge in [-0.25, -0.2) is 14.4 Å². The first-order valence-corrected chi connectivity index (χ1v) is 16.6. The van der Waals surface area contributed by atoms with Crippen LogP contribution in [0.25, 0.3) is 0 Å². The number of anilines is 1. The molecule has 0 spiro atoms. The molecule has 0 aliphatic carbocycles. The van der Waals surface area contributed by atoms with Crippen molar-refractivity contribution in [2.45, 2.75) is 32.5 Å². The molecule has 3 amide bonds. The van der Waals surface area contributed by atoms with Crippen molar-refractivity contribution < 1.29 is 71.9 Å². The summed E-state index contributed by atoms with van der Waals surface area (Å²) in [5.74, 6) is -9.04. The first-order valence-electron chi connectivity index (χ1n) is 16.6. The molecule has 18 nitrogen and oxygen atoms in total. The van der Waals surface area contributed by atoms with Crippen LogP contribution in [-0.2, 0) is 39.9 Å². The SMILES string of the molecule is COc1cc(C(=O)O[C@@H](C(=O)O)[C@@H](OC(=O)c2ccc(OC(C)=O)c(OC)c2)C(=O)NNC(=O)c2ccc(NC(=O)Cc3ccccc3)cc2)ccc1OC(C)=O. The number of benzene rings is 4. The van der Waals surface area contributed by atoms with Crippen molar-refractivity contribution >= 4 is 53.3 Å². The Balaban J connectivity index is 1.55. The Morgan fingerprint density at radius 2 is 1.09 bits per heavy atom. The Bertz CT molecular complexity index is 2170. The largest absolute Gasteiger partial charge is 0.493 e. The number of amides is 3. The summed E-state index contributed by atoms with van der Waals surface area (Å²) in [6.07, 6.45) is -4.88. The zero-order valence-corrected chi connectivity index (χ0v) is 30.7. The van der Waals surface area contributed by atoms with Crippen LogP contribution >= 0.6 is 0 Å². The van der Waals surface area contributed by atoms with Gasteiger partial charge in [0.1, 0.15) is 0 Å². The second kappa shape index (κ2) is 19.5. The lowest BCUT2D eigenvalue weighted by Gasteiger charge is -2.24. The van der Waals surface area contributed by atoms with Gasteiger partial charge < -0.3 is 38.8 Å². The molecule has 4 aromatic rings. The van der Waals surface area contributed by atoms with Crippen LogP contribution in [0, 0.1) is 0 Å². The van der Waals surface area contributed by atoms with Crippen molar-refractivity contribution in [1.29, 1.82) is 0 Å². The summed E-state index contributed by atoms with van der Waals surface area (Å²) in [5.41, 5.74) is 4.54. The van der Waals surface area contributed by atoms with Gasteiger partial charge in [0.15, 0.2) is 23.0 Å². The van der Waals surface area contributed by atoms with Crippen LogP contribution in [0.15, 0.2) is 91.0 Å². The summed E-state index contributed by atoms with van der Waals surface area (Å²) in [6.45, 7) is 2.26. The van der Waals surface area contributed by atoms with E-state index in [2.05, 4.69) is 10.7 Å². The molecule has 0 saturated carbocycles. The van der Waals surface area contributed by atoms with E-state index in [4.69, 9.17) is 28.4 Å². The normalized spacial score (nSPS) is 11.4. The number of carboxylic acids is 1. The van der Waals surface area contributed by atoms with Gasteiger partial charge in [0, 0.05) is 25.1 Å². The van der Waals surface area contributed by atoms with E-state index in [9.17, 15) is 43.5 Å². The van der Waals surface area contributed by atoms with Crippen molar-refractivity contribution in [3.8, 4) is 23.0 Å². The lowest BCUT2D eigenvalue weighted by Crippen LogP contribution is -2.54. The monoisotopic (exact) mass is 785 g/mol. The maximum absolute atomic E-state index is 13.5. The number of hydrogen-bond donors (Lipinski definition) is 4. The van der Waals surface area contributed by atoms with Gasteiger partial charge in [-0.1, -0.05) is 30.3 Å². The number of nitrogens with one attached hydrogen (secondary N) is 3. The Morgan fingerprint density at radius 1 is 0.596 bits per heavy atom. The van der Waals surface area contributed by atoms with Crippen molar-refractivity contribution in [2.24, 2.45) is 0 Å². The lowest BCUT2D eigenvalue weighted by atomic mass is 10.1. The van der Waals surface area contributed by atoms with Gasteiger partial charge in [0.25, 0.3) is 11.8 Å². The molecular weight excluding hydrogens is 750 g/mol. The molecule has 0 fully saturated rings. The highest BCUT2D eigenvalue weighted by molar-refractivity contribution is 6.00. The van der Waals surface area contributed by atoms with Crippen molar-refractivity contribution in [1.82, 2.24) is 10.9 Å². The Labute approximate surface area is 323 Å². The number of ether oxygens (including phenoxy) is 6. The van der Waals surface area contributed by atoms with E-state index in [1.165, 1.54) is 50.6 Å². The molecule has 0 saturated heterocycles. The second-order valence-corrected chi connectivity index (χ2v) is 11.6. The highest BCUT2D eigenvalue weighted by Gasteiger charge is 2.41. The van der Waals surface area contributed by atoms with E-state index < -0.39 is 53.9 Å². The number of carbonyl (C=O) groups excluding carboxylic acids is 7. The zero-order chi connectivity index (χ0) is 41.6.